The lowest BCUT2D eigenvalue weighted by Crippen LogP contribution is -2.37. The van der Waals surface area contributed by atoms with Crippen LogP contribution in [0.2, 0.25) is 0 Å². The Kier molecular flexibility index (Phi) is 3.99. The third-order valence-corrected chi connectivity index (χ3v) is 4.82. The Bertz CT molecular complexity index is 692. The summed E-state index contributed by atoms with van der Waals surface area (Å²) in [5.74, 6) is 0.00484. The van der Waals surface area contributed by atoms with Crippen molar-refractivity contribution >= 4 is 11.6 Å². The van der Waals surface area contributed by atoms with Gasteiger partial charge in [0.15, 0.2) is 11.6 Å². The zero-order valence-corrected chi connectivity index (χ0v) is 13.3. The van der Waals surface area contributed by atoms with E-state index in [9.17, 15) is 9.59 Å². The molecule has 1 aliphatic carbocycles. The minimum absolute atomic E-state index is 0.0857. The summed E-state index contributed by atoms with van der Waals surface area (Å²) in [5.41, 5.74) is 1.16. The van der Waals surface area contributed by atoms with Gasteiger partial charge >= 0.3 is 0 Å². The molecule has 1 saturated carbocycles. The van der Waals surface area contributed by atoms with Gasteiger partial charge in [0.25, 0.3) is 0 Å². The minimum Gasteiger partial charge on any atom is -0.293 e. The average molecular weight is 304 g/mol. The molecule has 0 aromatic heterocycles. The van der Waals surface area contributed by atoms with Gasteiger partial charge in [-0.1, -0.05) is 79.7 Å². The van der Waals surface area contributed by atoms with E-state index in [1.807, 2.05) is 43.3 Å². The van der Waals surface area contributed by atoms with Crippen molar-refractivity contribution in [1.29, 1.82) is 0 Å². The minimum atomic E-state index is -1.01. The van der Waals surface area contributed by atoms with E-state index in [1.165, 1.54) is 0 Å². The number of rotatable bonds is 4. The smallest absolute Gasteiger partial charge is 0.177 e. The number of hydrogen-bond donors (Lipinski definition) is 0. The highest BCUT2D eigenvalue weighted by Gasteiger charge is 2.51. The van der Waals surface area contributed by atoms with E-state index in [-0.39, 0.29) is 17.5 Å². The van der Waals surface area contributed by atoms with E-state index in [0.29, 0.717) is 24.0 Å². The molecule has 0 amide bonds. The maximum absolute atomic E-state index is 13.2. The Hall–Kier alpha value is -2.48. The molecule has 23 heavy (non-hydrogen) atoms. The van der Waals surface area contributed by atoms with E-state index in [4.69, 9.17) is 0 Å². The van der Waals surface area contributed by atoms with Crippen LogP contribution in [-0.2, 0) is 0 Å². The van der Waals surface area contributed by atoms with E-state index >= 15 is 0 Å². The van der Waals surface area contributed by atoms with Gasteiger partial charge in [0, 0.05) is 11.1 Å². The standard InChI is InChI=1S/C21H20O2/c1-15-13-21(14-16(15)2,19(22)17-9-5-3-6-10-17)20(23)18-11-7-4-8-12-18/h3-12,16H,1,13-14H2,2H3. The van der Waals surface area contributed by atoms with Crippen molar-refractivity contribution in [2.45, 2.75) is 19.8 Å². The van der Waals surface area contributed by atoms with Gasteiger partial charge in [-0.15, -0.1) is 0 Å². The van der Waals surface area contributed by atoms with Crippen LogP contribution in [0.15, 0.2) is 72.8 Å². The summed E-state index contributed by atoms with van der Waals surface area (Å²) < 4.78 is 0. The number of carbonyl (C=O) groups excluding carboxylic acids is 2. The molecular formula is C21H20O2. The number of Topliss-reactive ketones (excluding diaryl/α,β-unsaturated/α-hetero) is 2. The van der Waals surface area contributed by atoms with Crippen LogP contribution in [0.4, 0.5) is 0 Å². The van der Waals surface area contributed by atoms with E-state index in [1.54, 1.807) is 24.3 Å². The van der Waals surface area contributed by atoms with Crippen molar-refractivity contribution in [3.05, 3.63) is 83.9 Å². The Morgan fingerprint density at radius 2 is 1.35 bits per heavy atom. The Morgan fingerprint density at radius 1 is 0.913 bits per heavy atom. The van der Waals surface area contributed by atoms with Crippen LogP contribution in [0.3, 0.4) is 0 Å². The number of hydrogen-bond acceptors (Lipinski definition) is 2. The first-order chi connectivity index (χ1) is 11.0. The van der Waals surface area contributed by atoms with Crippen LogP contribution in [0.5, 0.6) is 0 Å². The van der Waals surface area contributed by atoms with Crippen LogP contribution in [0, 0.1) is 11.3 Å². The van der Waals surface area contributed by atoms with Gasteiger partial charge in [-0.2, -0.15) is 0 Å². The fourth-order valence-electron chi connectivity index (χ4n) is 3.48. The van der Waals surface area contributed by atoms with Gasteiger partial charge in [0.05, 0.1) is 0 Å². The van der Waals surface area contributed by atoms with Crippen LogP contribution in [0.1, 0.15) is 40.5 Å². The lowest BCUT2D eigenvalue weighted by atomic mass is 9.72. The summed E-state index contributed by atoms with van der Waals surface area (Å²) in [4.78, 5) is 26.4. The highest BCUT2D eigenvalue weighted by atomic mass is 16.2. The lowest BCUT2D eigenvalue weighted by Gasteiger charge is -2.26. The number of ketones is 2. The summed E-state index contributed by atoms with van der Waals surface area (Å²) in [6, 6.07) is 18.2. The first kappa shape index (κ1) is 15.4. The molecule has 116 valence electrons. The van der Waals surface area contributed by atoms with Gasteiger partial charge in [0.2, 0.25) is 0 Å². The second-order valence-corrected chi connectivity index (χ2v) is 6.41. The quantitative estimate of drug-likeness (QED) is 0.465. The Labute approximate surface area is 136 Å². The molecule has 0 N–H and O–H groups in total. The molecule has 2 nitrogen and oxygen atoms in total. The summed E-state index contributed by atoms with van der Waals surface area (Å²) in [7, 11) is 0. The highest BCUT2D eigenvalue weighted by molar-refractivity contribution is 6.20. The Balaban J connectivity index is 2.07. The molecule has 0 bridgehead atoms. The maximum atomic E-state index is 13.2. The lowest BCUT2D eigenvalue weighted by molar-refractivity contribution is 0.0666. The molecule has 0 spiro atoms. The van der Waals surface area contributed by atoms with Crippen molar-refractivity contribution in [3.8, 4) is 0 Å². The van der Waals surface area contributed by atoms with E-state index in [2.05, 4.69) is 6.58 Å². The SMILES string of the molecule is C=C1CC(C(=O)c2ccccc2)(C(=O)c2ccccc2)CC1C. The zero-order valence-electron chi connectivity index (χ0n) is 13.3. The Morgan fingerprint density at radius 3 is 1.70 bits per heavy atom. The maximum Gasteiger partial charge on any atom is 0.177 e. The molecule has 0 saturated heterocycles. The number of benzene rings is 2. The fourth-order valence-corrected chi connectivity index (χ4v) is 3.48. The summed E-state index contributed by atoms with van der Waals surface area (Å²) in [6.07, 6.45) is 0.975. The highest BCUT2D eigenvalue weighted by Crippen LogP contribution is 2.48. The fraction of sp³-hybridized carbons (Fsp3) is 0.238. The molecule has 0 aliphatic heterocycles. The average Bonchev–Trinajstić information content (AvgIpc) is 2.91. The van der Waals surface area contributed by atoms with E-state index < -0.39 is 5.41 Å². The van der Waals surface area contributed by atoms with Crippen LogP contribution in [-0.4, -0.2) is 11.6 Å². The van der Waals surface area contributed by atoms with Crippen molar-refractivity contribution < 1.29 is 9.59 Å². The third kappa shape index (κ3) is 2.65. The molecule has 2 aromatic carbocycles. The van der Waals surface area contributed by atoms with Crippen LogP contribution < -0.4 is 0 Å². The topological polar surface area (TPSA) is 34.1 Å². The van der Waals surface area contributed by atoms with Crippen LogP contribution in [0.25, 0.3) is 0 Å². The first-order valence-electron chi connectivity index (χ1n) is 7.92. The molecule has 0 heterocycles. The second-order valence-electron chi connectivity index (χ2n) is 6.41. The van der Waals surface area contributed by atoms with Gasteiger partial charge < -0.3 is 0 Å². The third-order valence-electron chi connectivity index (χ3n) is 4.82. The molecule has 2 heteroatoms. The van der Waals surface area contributed by atoms with Gasteiger partial charge in [-0.05, 0) is 18.8 Å². The van der Waals surface area contributed by atoms with Gasteiger partial charge in [-0.25, -0.2) is 0 Å². The summed E-state index contributed by atoms with van der Waals surface area (Å²) >= 11 is 0. The summed E-state index contributed by atoms with van der Waals surface area (Å²) in [6.45, 7) is 6.12. The molecule has 1 unspecified atom stereocenters. The van der Waals surface area contributed by atoms with Crippen molar-refractivity contribution in [2.75, 3.05) is 0 Å². The molecule has 1 atom stereocenters. The summed E-state index contributed by atoms with van der Waals surface area (Å²) in [5, 5.41) is 0. The van der Waals surface area contributed by atoms with Crippen molar-refractivity contribution in [1.82, 2.24) is 0 Å². The van der Waals surface area contributed by atoms with E-state index in [0.717, 1.165) is 5.57 Å². The molecular weight excluding hydrogens is 284 g/mol. The molecule has 3 rings (SSSR count). The van der Waals surface area contributed by atoms with Crippen molar-refractivity contribution in [2.24, 2.45) is 11.3 Å². The first-order valence-corrected chi connectivity index (χ1v) is 7.92. The number of allylic oxidation sites excluding steroid dienone is 1. The second kappa shape index (κ2) is 5.96. The van der Waals surface area contributed by atoms with Gasteiger partial charge in [0.1, 0.15) is 5.41 Å². The van der Waals surface area contributed by atoms with Crippen molar-refractivity contribution in [3.63, 3.8) is 0 Å². The molecule has 1 aliphatic rings. The number of carbonyl (C=O) groups is 2. The molecule has 1 fully saturated rings. The molecule has 2 aromatic rings. The zero-order chi connectivity index (χ0) is 16.4. The predicted octanol–water partition coefficient (Wildman–Crippen LogP) is 4.72. The normalized spacial score (nSPS) is 19.5. The predicted molar refractivity (Wildman–Crippen MR) is 91.5 cm³/mol. The van der Waals surface area contributed by atoms with Gasteiger partial charge in [-0.3, -0.25) is 9.59 Å². The monoisotopic (exact) mass is 304 g/mol. The van der Waals surface area contributed by atoms with Crippen LogP contribution >= 0.6 is 0 Å². The largest absolute Gasteiger partial charge is 0.293 e. The molecule has 0 radical (unpaired) electrons.